The van der Waals surface area contributed by atoms with Gasteiger partial charge in [0, 0.05) is 23.5 Å². The van der Waals surface area contributed by atoms with E-state index in [0.717, 1.165) is 36.3 Å². The Morgan fingerprint density at radius 2 is 2.27 bits per heavy atom. The molecule has 2 aromatic rings. The molecule has 138 valence electrons. The quantitative estimate of drug-likeness (QED) is 0.774. The highest BCUT2D eigenvalue weighted by atomic mass is 32.1. The number of nitrogens with zero attached hydrogens (tertiary/aromatic N) is 4. The second-order valence-corrected chi connectivity index (χ2v) is 7.84. The molecule has 0 bridgehead atoms. The molecule has 2 aromatic heterocycles. The molecule has 0 fully saturated rings. The Balaban J connectivity index is 1.68. The second-order valence-electron chi connectivity index (χ2n) is 6.84. The zero-order chi connectivity index (χ0) is 18.7. The van der Waals surface area contributed by atoms with Crippen molar-refractivity contribution in [2.24, 2.45) is 0 Å². The lowest BCUT2D eigenvalue weighted by molar-refractivity contribution is -0.134. The van der Waals surface area contributed by atoms with Gasteiger partial charge in [-0.15, -0.1) is 11.3 Å². The van der Waals surface area contributed by atoms with Crippen molar-refractivity contribution in [2.45, 2.75) is 65.5 Å². The van der Waals surface area contributed by atoms with Crippen LogP contribution in [0.3, 0.4) is 0 Å². The van der Waals surface area contributed by atoms with Crippen LogP contribution >= 0.6 is 11.3 Å². The molecule has 1 atom stereocenters. The molecule has 26 heavy (non-hydrogen) atoms. The number of aryl methyl sites for hydroxylation is 2. The van der Waals surface area contributed by atoms with Gasteiger partial charge >= 0.3 is 0 Å². The van der Waals surface area contributed by atoms with Crippen LogP contribution in [-0.2, 0) is 24.2 Å². The van der Waals surface area contributed by atoms with Crippen LogP contribution in [0.5, 0.6) is 0 Å². The summed E-state index contributed by atoms with van der Waals surface area (Å²) in [4.78, 5) is 16.4. The minimum absolute atomic E-state index is 0.220. The Hall–Kier alpha value is -2.13. The second kappa shape index (κ2) is 8.05. The predicted octanol–water partition coefficient (Wildman–Crippen LogP) is 3.94. The molecule has 3 rings (SSSR count). The maximum Gasteiger partial charge on any atom is 0.223 e. The first kappa shape index (κ1) is 18.7. The first-order valence-corrected chi connectivity index (χ1v) is 10.2. The Morgan fingerprint density at radius 3 is 3.00 bits per heavy atom. The molecule has 0 aliphatic carbocycles. The number of nitriles is 1. The minimum atomic E-state index is 0.220. The summed E-state index contributed by atoms with van der Waals surface area (Å²) in [5.41, 5.74) is 4.54. The van der Waals surface area contributed by atoms with Gasteiger partial charge in [0.15, 0.2) is 0 Å². The van der Waals surface area contributed by atoms with E-state index in [9.17, 15) is 4.79 Å². The summed E-state index contributed by atoms with van der Waals surface area (Å²) in [7, 11) is 0. The minimum Gasteiger partial charge on any atom is -0.335 e. The van der Waals surface area contributed by atoms with Crippen LogP contribution in [0.25, 0.3) is 0 Å². The van der Waals surface area contributed by atoms with Crippen molar-refractivity contribution in [1.82, 2.24) is 14.7 Å². The van der Waals surface area contributed by atoms with E-state index in [4.69, 9.17) is 5.26 Å². The lowest BCUT2D eigenvalue weighted by atomic mass is 9.97. The Kier molecular flexibility index (Phi) is 5.77. The van der Waals surface area contributed by atoms with Crippen molar-refractivity contribution in [3.05, 3.63) is 38.8 Å². The van der Waals surface area contributed by atoms with Gasteiger partial charge < -0.3 is 4.90 Å². The molecule has 1 aliphatic rings. The maximum absolute atomic E-state index is 12.9. The van der Waals surface area contributed by atoms with E-state index >= 15 is 0 Å². The third-order valence-electron chi connectivity index (χ3n) is 5.36. The summed E-state index contributed by atoms with van der Waals surface area (Å²) in [6.07, 6.45) is 3.61. The van der Waals surface area contributed by atoms with E-state index in [0.29, 0.717) is 25.8 Å². The number of fused-ring (bicyclic) bond motifs is 1. The molecule has 6 heteroatoms. The van der Waals surface area contributed by atoms with E-state index in [1.54, 1.807) is 0 Å². The molecule has 5 nitrogen and oxygen atoms in total. The zero-order valence-corrected chi connectivity index (χ0v) is 16.6. The fourth-order valence-electron chi connectivity index (χ4n) is 3.98. The van der Waals surface area contributed by atoms with Crippen molar-refractivity contribution >= 4 is 17.2 Å². The Bertz CT molecular complexity index is 829. The van der Waals surface area contributed by atoms with Gasteiger partial charge in [-0.1, -0.05) is 6.92 Å². The van der Waals surface area contributed by atoms with Gasteiger partial charge in [0.2, 0.25) is 5.91 Å². The van der Waals surface area contributed by atoms with Gasteiger partial charge in [0.1, 0.15) is 0 Å². The van der Waals surface area contributed by atoms with Gasteiger partial charge in [-0.3, -0.25) is 9.48 Å². The highest BCUT2D eigenvalue weighted by Gasteiger charge is 2.30. The first-order valence-electron chi connectivity index (χ1n) is 9.32. The normalized spacial score (nSPS) is 16.4. The van der Waals surface area contributed by atoms with E-state index in [1.165, 1.54) is 10.4 Å². The van der Waals surface area contributed by atoms with Gasteiger partial charge in [0.05, 0.1) is 30.8 Å². The van der Waals surface area contributed by atoms with E-state index < -0.39 is 0 Å². The fraction of sp³-hybridized carbons (Fsp3) is 0.550. The molecule has 0 saturated heterocycles. The van der Waals surface area contributed by atoms with Crippen molar-refractivity contribution in [1.29, 1.82) is 5.26 Å². The molecule has 0 radical (unpaired) electrons. The summed E-state index contributed by atoms with van der Waals surface area (Å²) >= 11 is 1.81. The number of aromatic nitrogens is 2. The highest BCUT2D eigenvalue weighted by molar-refractivity contribution is 7.10. The van der Waals surface area contributed by atoms with Gasteiger partial charge in [-0.05, 0) is 55.7 Å². The third kappa shape index (κ3) is 3.54. The molecule has 1 aliphatic heterocycles. The largest absolute Gasteiger partial charge is 0.335 e. The SMILES string of the molecule is CCC1c2ccsc2CCN1C(=O)CCc1c(C)nn(CCC#N)c1C. The van der Waals surface area contributed by atoms with Crippen LogP contribution < -0.4 is 0 Å². The molecule has 0 aromatic carbocycles. The number of hydrogen-bond donors (Lipinski definition) is 0. The fourth-order valence-corrected chi connectivity index (χ4v) is 4.91. The molecule has 1 amide bonds. The van der Waals surface area contributed by atoms with E-state index in [-0.39, 0.29) is 11.9 Å². The monoisotopic (exact) mass is 370 g/mol. The van der Waals surface area contributed by atoms with Crippen molar-refractivity contribution < 1.29 is 4.79 Å². The first-order chi connectivity index (χ1) is 12.6. The average Bonchev–Trinajstić information content (AvgIpc) is 3.22. The van der Waals surface area contributed by atoms with Crippen LogP contribution in [0.15, 0.2) is 11.4 Å². The molecule has 0 saturated carbocycles. The van der Waals surface area contributed by atoms with Crippen molar-refractivity contribution in [3.63, 3.8) is 0 Å². The molecule has 3 heterocycles. The molecular weight excluding hydrogens is 344 g/mol. The lowest BCUT2D eigenvalue weighted by Crippen LogP contribution is -2.39. The average molecular weight is 371 g/mol. The number of rotatable bonds is 6. The summed E-state index contributed by atoms with van der Waals surface area (Å²) in [5.74, 6) is 0.234. The predicted molar refractivity (Wildman–Crippen MR) is 103 cm³/mol. The van der Waals surface area contributed by atoms with Crippen LogP contribution in [0.4, 0.5) is 0 Å². The highest BCUT2D eigenvalue weighted by Crippen LogP contribution is 2.35. The number of hydrogen-bond acceptors (Lipinski definition) is 4. The van der Waals surface area contributed by atoms with Gasteiger partial charge in [0.25, 0.3) is 0 Å². The topological polar surface area (TPSA) is 61.9 Å². The van der Waals surface area contributed by atoms with Crippen molar-refractivity contribution in [2.75, 3.05) is 6.54 Å². The van der Waals surface area contributed by atoms with Crippen molar-refractivity contribution in [3.8, 4) is 6.07 Å². The standard InChI is InChI=1S/C20H26N4OS/c1-4-18-17-9-13-26-19(17)8-12-23(18)20(25)7-6-16-14(2)22-24(15(16)3)11-5-10-21/h9,13,18H,4-8,11-12H2,1-3H3. The molecule has 0 N–H and O–H groups in total. The van der Waals surface area contributed by atoms with Gasteiger partial charge in [-0.25, -0.2) is 0 Å². The van der Waals surface area contributed by atoms with Crippen LogP contribution in [0.1, 0.15) is 59.6 Å². The summed E-state index contributed by atoms with van der Waals surface area (Å²) in [6.45, 7) is 7.62. The number of thiophene rings is 1. The molecule has 1 unspecified atom stereocenters. The maximum atomic E-state index is 12.9. The molecular formula is C20H26N4OS. The van der Waals surface area contributed by atoms with E-state index in [2.05, 4.69) is 34.4 Å². The Morgan fingerprint density at radius 1 is 1.46 bits per heavy atom. The summed E-state index contributed by atoms with van der Waals surface area (Å²) < 4.78 is 1.89. The Labute approximate surface area is 159 Å². The number of amides is 1. The van der Waals surface area contributed by atoms with Crippen LogP contribution in [0, 0.1) is 25.2 Å². The zero-order valence-electron chi connectivity index (χ0n) is 15.8. The third-order valence-corrected chi connectivity index (χ3v) is 6.35. The molecule has 0 spiro atoms. The summed E-state index contributed by atoms with van der Waals surface area (Å²) in [6, 6.07) is 4.56. The lowest BCUT2D eigenvalue weighted by Gasteiger charge is -2.35. The van der Waals surface area contributed by atoms with Gasteiger partial charge in [-0.2, -0.15) is 10.4 Å². The number of carbonyl (C=O) groups is 1. The number of carbonyl (C=O) groups excluding carboxylic acids is 1. The van der Waals surface area contributed by atoms with Crippen LogP contribution in [-0.4, -0.2) is 27.1 Å². The summed E-state index contributed by atoms with van der Waals surface area (Å²) in [5, 5.41) is 15.5. The van der Waals surface area contributed by atoms with E-state index in [1.807, 2.05) is 29.9 Å². The smallest absolute Gasteiger partial charge is 0.223 e. The van der Waals surface area contributed by atoms with Crippen LogP contribution in [0.2, 0.25) is 0 Å².